The lowest BCUT2D eigenvalue weighted by Gasteiger charge is -2.28. The number of hydrogen-bond donors (Lipinski definition) is 1. The second kappa shape index (κ2) is 11.6. The van der Waals surface area contributed by atoms with Gasteiger partial charge >= 0.3 is 5.97 Å². The number of benzene rings is 3. The highest BCUT2D eigenvalue weighted by Gasteiger charge is 2.39. The number of hydrogen-bond acceptors (Lipinski definition) is 5. The van der Waals surface area contributed by atoms with E-state index in [-0.39, 0.29) is 52.7 Å². The van der Waals surface area contributed by atoms with Crippen LogP contribution in [-0.4, -0.2) is 38.8 Å². The lowest BCUT2D eigenvalue weighted by Crippen LogP contribution is -2.27. The van der Waals surface area contributed by atoms with Gasteiger partial charge in [-0.3, -0.25) is 0 Å². The van der Waals surface area contributed by atoms with Crippen molar-refractivity contribution in [1.82, 2.24) is 14.5 Å². The third kappa shape index (κ3) is 5.75. The molecule has 3 aromatic carbocycles. The molecule has 0 spiro atoms. The SMILES string of the molecule is CC1(C)COCC1n1c(Cc2cc(F)c(-c3ccc(F)c(OCc4ccc(Cl)cc4)n3)cc2F)nc2ccc(C(=O)O)cc21. The summed E-state index contributed by atoms with van der Waals surface area (Å²) in [5.41, 5.74) is 1.48. The molecule has 1 N–H and O–H groups in total. The molecule has 6 rings (SSSR count). The summed E-state index contributed by atoms with van der Waals surface area (Å²) in [4.78, 5) is 20.5. The highest BCUT2D eigenvalue weighted by Crippen LogP contribution is 2.40. The van der Waals surface area contributed by atoms with Gasteiger partial charge in [-0.25, -0.2) is 27.9 Å². The van der Waals surface area contributed by atoms with Crippen molar-refractivity contribution in [1.29, 1.82) is 0 Å². The second-order valence-electron chi connectivity index (χ2n) is 11.4. The minimum Gasteiger partial charge on any atom is -0.478 e. The van der Waals surface area contributed by atoms with Gasteiger partial charge in [0.25, 0.3) is 5.88 Å². The van der Waals surface area contributed by atoms with Gasteiger partial charge in [-0.15, -0.1) is 0 Å². The van der Waals surface area contributed by atoms with E-state index in [0.717, 1.165) is 23.8 Å². The first-order valence-electron chi connectivity index (χ1n) is 13.8. The standard InChI is InChI=1S/C33H27ClF3N3O4/c1-33(2)17-43-16-29(33)40-28-12-19(32(41)42)5-9-27(28)38-30(40)13-20-11-25(37)22(14-24(20)36)26-10-8-23(35)31(39-26)44-15-18-3-6-21(34)7-4-18/h3-12,14,29H,13,15-17H2,1-2H3,(H,41,42). The number of nitrogens with zero attached hydrogens (tertiary/aromatic N) is 3. The van der Waals surface area contributed by atoms with Crippen LogP contribution in [0.25, 0.3) is 22.3 Å². The minimum absolute atomic E-state index is 0.00116. The predicted octanol–water partition coefficient (Wildman–Crippen LogP) is 7.63. The number of rotatable bonds is 8. The Kier molecular flexibility index (Phi) is 7.81. The molecule has 0 bridgehead atoms. The average Bonchev–Trinajstić information content (AvgIpc) is 3.52. The van der Waals surface area contributed by atoms with Crippen LogP contribution in [0.5, 0.6) is 5.88 Å². The average molecular weight is 622 g/mol. The van der Waals surface area contributed by atoms with Crippen molar-refractivity contribution in [2.24, 2.45) is 5.41 Å². The van der Waals surface area contributed by atoms with Crippen molar-refractivity contribution >= 4 is 28.6 Å². The quantitative estimate of drug-likeness (QED) is 0.192. The number of imidazole rings is 1. The maximum absolute atomic E-state index is 15.6. The molecule has 0 radical (unpaired) electrons. The van der Waals surface area contributed by atoms with E-state index in [2.05, 4.69) is 9.97 Å². The maximum Gasteiger partial charge on any atom is 0.335 e. The van der Waals surface area contributed by atoms with Gasteiger partial charge < -0.3 is 19.1 Å². The topological polar surface area (TPSA) is 86.5 Å². The molecule has 0 saturated carbocycles. The first-order valence-corrected chi connectivity index (χ1v) is 14.2. The number of aromatic nitrogens is 3. The number of carboxylic acids is 1. The number of carbonyl (C=O) groups is 1. The summed E-state index contributed by atoms with van der Waals surface area (Å²) in [5, 5.41) is 10.1. The van der Waals surface area contributed by atoms with E-state index < -0.39 is 23.4 Å². The molecule has 0 amide bonds. The Balaban J connectivity index is 1.33. The second-order valence-corrected chi connectivity index (χ2v) is 11.9. The molecule has 3 heterocycles. The molecule has 1 unspecified atom stereocenters. The zero-order valence-corrected chi connectivity index (χ0v) is 24.5. The van der Waals surface area contributed by atoms with Crippen LogP contribution in [0.15, 0.2) is 66.7 Å². The Morgan fingerprint density at radius 3 is 2.50 bits per heavy atom. The summed E-state index contributed by atoms with van der Waals surface area (Å²) >= 11 is 5.90. The number of pyridine rings is 1. The first kappa shape index (κ1) is 29.7. The van der Waals surface area contributed by atoms with Crippen molar-refractivity contribution in [2.45, 2.75) is 32.9 Å². The van der Waals surface area contributed by atoms with Crippen LogP contribution < -0.4 is 4.74 Å². The summed E-state index contributed by atoms with van der Waals surface area (Å²) in [7, 11) is 0. The van der Waals surface area contributed by atoms with E-state index in [1.807, 2.05) is 18.4 Å². The molecule has 2 aromatic heterocycles. The highest BCUT2D eigenvalue weighted by molar-refractivity contribution is 6.30. The van der Waals surface area contributed by atoms with Gasteiger partial charge in [-0.05, 0) is 65.7 Å². The molecule has 1 aliphatic rings. The molecule has 1 atom stereocenters. The largest absolute Gasteiger partial charge is 0.478 e. The summed E-state index contributed by atoms with van der Waals surface area (Å²) in [5.74, 6) is -3.21. The fraction of sp³-hybridized carbons (Fsp3) is 0.242. The Labute approximate surface area is 255 Å². The molecule has 1 fully saturated rings. The van der Waals surface area contributed by atoms with E-state index in [9.17, 15) is 14.3 Å². The van der Waals surface area contributed by atoms with Gasteiger partial charge in [-0.2, -0.15) is 0 Å². The molecule has 5 aromatic rings. The van der Waals surface area contributed by atoms with E-state index >= 15 is 8.78 Å². The third-order valence-electron chi connectivity index (χ3n) is 7.84. The Morgan fingerprint density at radius 1 is 1.02 bits per heavy atom. The van der Waals surface area contributed by atoms with Gasteiger partial charge in [0.15, 0.2) is 5.82 Å². The van der Waals surface area contributed by atoms with Crippen molar-refractivity contribution in [3.05, 3.63) is 112 Å². The first-order chi connectivity index (χ1) is 21.0. The fourth-order valence-electron chi connectivity index (χ4n) is 5.42. The van der Waals surface area contributed by atoms with Gasteiger partial charge in [0.05, 0.1) is 41.5 Å². The van der Waals surface area contributed by atoms with Gasteiger partial charge in [0.2, 0.25) is 0 Å². The van der Waals surface area contributed by atoms with E-state index in [1.54, 1.807) is 30.3 Å². The third-order valence-corrected chi connectivity index (χ3v) is 8.09. The Bertz CT molecular complexity index is 1890. The zero-order chi connectivity index (χ0) is 31.2. The van der Waals surface area contributed by atoms with Crippen LogP contribution in [0, 0.1) is 22.9 Å². The number of carboxylic acid groups (broad SMARTS) is 1. The van der Waals surface area contributed by atoms with Gasteiger partial charge in [-0.1, -0.05) is 37.6 Å². The monoisotopic (exact) mass is 621 g/mol. The van der Waals surface area contributed by atoms with Crippen LogP contribution in [0.1, 0.15) is 47.2 Å². The summed E-state index contributed by atoms with van der Waals surface area (Å²) in [6.07, 6.45) is -0.0704. The molecular weight excluding hydrogens is 595 g/mol. The Hall–Kier alpha value is -4.41. The summed E-state index contributed by atoms with van der Waals surface area (Å²) < 4.78 is 58.8. The van der Waals surface area contributed by atoms with Crippen molar-refractivity contribution in [3.8, 4) is 17.1 Å². The normalized spacial score (nSPS) is 16.0. The van der Waals surface area contributed by atoms with Crippen molar-refractivity contribution < 1.29 is 32.5 Å². The molecule has 44 heavy (non-hydrogen) atoms. The Morgan fingerprint density at radius 2 is 1.80 bits per heavy atom. The smallest absolute Gasteiger partial charge is 0.335 e. The minimum atomic E-state index is -1.08. The van der Waals surface area contributed by atoms with Crippen molar-refractivity contribution in [3.63, 3.8) is 0 Å². The van der Waals surface area contributed by atoms with E-state index in [4.69, 9.17) is 21.1 Å². The molecule has 0 aliphatic carbocycles. The number of aromatic carboxylic acids is 1. The van der Waals surface area contributed by atoms with Gasteiger partial charge in [0.1, 0.15) is 24.1 Å². The van der Waals surface area contributed by atoms with Crippen LogP contribution in [-0.2, 0) is 17.8 Å². The van der Waals surface area contributed by atoms with E-state index in [0.29, 0.717) is 35.1 Å². The van der Waals surface area contributed by atoms with Crippen LogP contribution >= 0.6 is 11.6 Å². The van der Waals surface area contributed by atoms with Gasteiger partial charge in [0, 0.05) is 22.4 Å². The number of ether oxygens (including phenoxy) is 2. The fourth-order valence-corrected chi connectivity index (χ4v) is 5.55. The number of halogens is 4. The molecule has 11 heteroatoms. The molecule has 1 aliphatic heterocycles. The number of fused-ring (bicyclic) bond motifs is 1. The van der Waals surface area contributed by atoms with Crippen LogP contribution in [0.3, 0.4) is 0 Å². The van der Waals surface area contributed by atoms with Crippen molar-refractivity contribution in [2.75, 3.05) is 13.2 Å². The lowest BCUT2D eigenvalue weighted by molar-refractivity contribution is 0.0697. The van der Waals surface area contributed by atoms with Crippen LogP contribution in [0.2, 0.25) is 5.02 Å². The van der Waals surface area contributed by atoms with E-state index in [1.165, 1.54) is 18.2 Å². The molecule has 7 nitrogen and oxygen atoms in total. The molecular formula is C33H27ClF3N3O4. The molecule has 226 valence electrons. The lowest BCUT2D eigenvalue weighted by atomic mass is 9.87. The summed E-state index contributed by atoms with van der Waals surface area (Å²) in [6.45, 7) is 4.89. The van der Waals surface area contributed by atoms with Crippen LogP contribution in [0.4, 0.5) is 13.2 Å². The molecule has 1 saturated heterocycles. The maximum atomic E-state index is 15.6. The summed E-state index contributed by atoms with van der Waals surface area (Å²) in [6, 6.07) is 15.6. The predicted molar refractivity (Wildman–Crippen MR) is 158 cm³/mol. The zero-order valence-electron chi connectivity index (χ0n) is 23.8. The highest BCUT2D eigenvalue weighted by atomic mass is 35.5.